The van der Waals surface area contributed by atoms with Gasteiger partial charge in [0.25, 0.3) is 0 Å². The zero-order valence-electron chi connectivity index (χ0n) is 14.7. The van der Waals surface area contributed by atoms with E-state index in [0.29, 0.717) is 0 Å². The molecule has 0 amide bonds. The van der Waals surface area contributed by atoms with Gasteiger partial charge in [0.2, 0.25) is 0 Å². The summed E-state index contributed by atoms with van der Waals surface area (Å²) in [6.07, 6.45) is 5.37. The molecule has 0 fully saturated rings. The predicted molar refractivity (Wildman–Crippen MR) is 107 cm³/mol. The summed E-state index contributed by atoms with van der Waals surface area (Å²) in [5.41, 5.74) is 5.05. The Hall–Kier alpha value is -2.52. The van der Waals surface area contributed by atoms with Crippen LogP contribution in [0.5, 0.6) is 0 Å². The van der Waals surface area contributed by atoms with E-state index in [1.54, 1.807) is 6.33 Å². The molecule has 0 bridgehead atoms. The fourth-order valence-electron chi connectivity index (χ4n) is 3.09. The van der Waals surface area contributed by atoms with Gasteiger partial charge in [0.15, 0.2) is 0 Å². The summed E-state index contributed by atoms with van der Waals surface area (Å²) in [6, 6.07) is 17.5. The lowest BCUT2D eigenvalue weighted by Crippen LogP contribution is -2.10. The Bertz CT molecular complexity index is 1010. The normalized spacial score (nSPS) is 11.8. The third-order valence-electron chi connectivity index (χ3n) is 4.46. The summed E-state index contributed by atoms with van der Waals surface area (Å²) >= 11 is 1.83. The Morgan fingerprint density at radius 2 is 1.48 bits per heavy atom. The number of nitrogens with zero attached hydrogens (tertiary/aromatic N) is 2. The quantitative estimate of drug-likeness (QED) is 0.425. The molecule has 25 heavy (non-hydrogen) atoms. The van der Waals surface area contributed by atoms with Crippen LogP contribution in [0.25, 0.3) is 31.7 Å². The third kappa shape index (κ3) is 2.96. The SMILES string of the molecule is CC(C)(C)c1ccc(-c2sc3ccccc3c2-c2cncnc2)cc1. The Balaban J connectivity index is 1.93. The minimum atomic E-state index is 0.162. The molecule has 3 heteroatoms. The maximum Gasteiger partial charge on any atom is 0.115 e. The molecule has 2 nitrogen and oxygen atoms in total. The molecule has 0 radical (unpaired) electrons. The van der Waals surface area contributed by atoms with Crippen molar-refractivity contribution in [3.63, 3.8) is 0 Å². The van der Waals surface area contributed by atoms with Gasteiger partial charge in [-0.2, -0.15) is 0 Å². The van der Waals surface area contributed by atoms with Crippen LogP contribution in [0.2, 0.25) is 0 Å². The lowest BCUT2D eigenvalue weighted by atomic mass is 9.86. The summed E-state index contributed by atoms with van der Waals surface area (Å²) in [7, 11) is 0. The van der Waals surface area contributed by atoms with Crippen LogP contribution in [0.3, 0.4) is 0 Å². The molecule has 0 aliphatic carbocycles. The first-order valence-corrected chi connectivity index (χ1v) is 9.23. The summed E-state index contributed by atoms with van der Waals surface area (Å²) in [6.45, 7) is 6.73. The summed E-state index contributed by atoms with van der Waals surface area (Å²) in [5.74, 6) is 0. The molecule has 124 valence electrons. The highest BCUT2D eigenvalue weighted by atomic mass is 32.1. The molecule has 4 aromatic rings. The van der Waals surface area contributed by atoms with E-state index in [2.05, 4.69) is 79.3 Å². The van der Waals surface area contributed by atoms with Crippen molar-refractivity contribution >= 4 is 21.4 Å². The molecule has 0 aliphatic heterocycles. The van der Waals surface area contributed by atoms with E-state index in [1.807, 2.05) is 23.7 Å². The Morgan fingerprint density at radius 1 is 0.800 bits per heavy atom. The highest BCUT2D eigenvalue weighted by molar-refractivity contribution is 7.23. The van der Waals surface area contributed by atoms with Crippen molar-refractivity contribution in [3.05, 3.63) is 72.8 Å². The van der Waals surface area contributed by atoms with Gasteiger partial charge in [-0.05, 0) is 22.6 Å². The van der Waals surface area contributed by atoms with Gasteiger partial charge in [-0.1, -0.05) is 63.2 Å². The molecule has 0 aliphatic rings. The van der Waals surface area contributed by atoms with E-state index >= 15 is 0 Å². The molecule has 0 saturated carbocycles. The molecular formula is C22H20N2S. The molecular weight excluding hydrogens is 324 g/mol. The van der Waals surface area contributed by atoms with E-state index in [-0.39, 0.29) is 5.41 Å². The number of fused-ring (bicyclic) bond motifs is 1. The Kier molecular flexibility index (Phi) is 3.89. The van der Waals surface area contributed by atoms with Gasteiger partial charge in [0.1, 0.15) is 6.33 Å². The average Bonchev–Trinajstić information content (AvgIpc) is 3.01. The fourth-order valence-corrected chi connectivity index (χ4v) is 4.32. The van der Waals surface area contributed by atoms with E-state index in [9.17, 15) is 0 Å². The minimum Gasteiger partial charge on any atom is -0.244 e. The Morgan fingerprint density at radius 3 is 2.16 bits per heavy atom. The van der Waals surface area contributed by atoms with Crippen molar-refractivity contribution in [2.45, 2.75) is 26.2 Å². The van der Waals surface area contributed by atoms with E-state index in [4.69, 9.17) is 0 Å². The van der Waals surface area contributed by atoms with Gasteiger partial charge in [0, 0.05) is 38.5 Å². The van der Waals surface area contributed by atoms with Crippen molar-refractivity contribution in [3.8, 4) is 21.6 Å². The lowest BCUT2D eigenvalue weighted by Gasteiger charge is -2.19. The second-order valence-corrected chi connectivity index (χ2v) is 8.31. The minimum absolute atomic E-state index is 0.162. The van der Waals surface area contributed by atoms with Gasteiger partial charge in [0.05, 0.1) is 0 Å². The maximum absolute atomic E-state index is 4.22. The van der Waals surface area contributed by atoms with Crippen LogP contribution in [-0.4, -0.2) is 9.97 Å². The number of hydrogen-bond donors (Lipinski definition) is 0. The zero-order chi connectivity index (χ0) is 17.4. The van der Waals surface area contributed by atoms with Crippen LogP contribution in [0.15, 0.2) is 67.3 Å². The highest BCUT2D eigenvalue weighted by Gasteiger charge is 2.17. The van der Waals surface area contributed by atoms with Crippen molar-refractivity contribution in [2.24, 2.45) is 0 Å². The smallest absolute Gasteiger partial charge is 0.115 e. The summed E-state index contributed by atoms with van der Waals surface area (Å²) in [5, 5.41) is 1.26. The van der Waals surface area contributed by atoms with Crippen molar-refractivity contribution in [1.82, 2.24) is 9.97 Å². The predicted octanol–water partition coefficient (Wildman–Crippen LogP) is 6.32. The second kappa shape index (κ2) is 6.08. The number of thiophene rings is 1. The molecule has 2 aromatic heterocycles. The first-order chi connectivity index (χ1) is 12.0. The van der Waals surface area contributed by atoms with E-state index < -0.39 is 0 Å². The van der Waals surface area contributed by atoms with Gasteiger partial charge in [-0.15, -0.1) is 11.3 Å². The van der Waals surface area contributed by atoms with Crippen molar-refractivity contribution in [2.75, 3.05) is 0 Å². The van der Waals surface area contributed by atoms with Crippen LogP contribution in [-0.2, 0) is 5.41 Å². The molecule has 0 spiro atoms. The summed E-state index contributed by atoms with van der Waals surface area (Å²) < 4.78 is 1.29. The molecule has 0 saturated heterocycles. The van der Waals surface area contributed by atoms with Gasteiger partial charge in [-0.3, -0.25) is 0 Å². The standard InChI is InChI=1S/C22H20N2S/c1-22(2,3)17-10-8-15(9-11-17)21-20(16-12-23-14-24-13-16)18-6-4-5-7-19(18)25-21/h4-14H,1-3H3. The topological polar surface area (TPSA) is 25.8 Å². The second-order valence-electron chi connectivity index (χ2n) is 7.26. The van der Waals surface area contributed by atoms with Crippen LogP contribution in [0.4, 0.5) is 0 Å². The molecule has 2 aromatic carbocycles. The molecule has 0 atom stereocenters. The van der Waals surface area contributed by atoms with Gasteiger partial charge < -0.3 is 0 Å². The van der Waals surface area contributed by atoms with Crippen LogP contribution in [0.1, 0.15) is 26.3 Å². The third-order valence-corrected chi connectivity index (χ3v) is 5.68. The molecule has 2 heterocycles. The number of rotatable bonds is 2. The number of benzene rings is 2. The van der Waals surface area contributed by atoms with E-state index in [0.717, 1.165) is 5.56 Å². The van der Waals surface area contributed by atoms with Crippen LogP contribution in [0, 0.1) is 0 Å². The van der Waals surface area contributed by atoms with Crippen molar-refractivity contribution < 1.29 is 0 Å². The van der Waals surface area contributed by atoms with Crippen LogP contribution < -0.4 is 0 Å². The van der Waals surface area contributed by atoms with E-state index in [1.165, 1.54) is 31.7 Å². The lowest BCUT2D eigenvalue weighted by molar-refractivity contribution is 0.590. The zero-order valence-corrected chi connectivity index (χ0v) is 15.5. The number of aromatic nitrogens is 2. The largest absolute Gasteiger partial charge is 0.244 e. The summed E-state index contributed by atoms with van der Waals surface area (Å²) in [4.78, 5) is 9.72. The maximum atomic E-state index is 4.22. The highest BCUT2D eigenvalue weighted by Crippen LogP contribution is 2.44. The number of hydrogen-bond acceptors (Lipinski definition) is 3. The molecule has 4 rings (SSSR count). The average molecular weight is 344 g/mol. The first-order valence-electron chi connectivity index (χ1n) is 8.42. The van der Waals surface area contributed by atoms with Gasteiger partial charge >= 0.3 is 0 Å². The van der Waals surface area contributed by atoms with Crippen LogP contribution >= 0.6 is 11.3 Å². The van der Waals surface area contributed by atoms with Gasteiger partial charge in [-0.25, -0.2) is 9.97 Å². The first kappa shape index (κ1) is 16.0. The van der Waals surface area contributed by atoms with Crippen molar-refractivity contribution in [1.29, 1.82) is 0 Å². The fraction of sp³-hybridized carbons (Fsp3) is 0.182. The molecule has 0 N–H and O–H groups in total. The monoisotopic (exact) mass is 344 g/mol. The Labute approximate surface area is 152 Å². The molecule has 0 unspecified atom stereocenters.